The first-order valence-corrected chi connectivity index (χ1v) is 17.3. The fourth-order valence-electron chi connectivity index (χ4n) is 6.87. The molecule has 0 aliphatic carbocycles. The van der Waals surface area contributed by atoms with Crippen LogP contribution in [-0.2, 0) is 21.4 Å². The smallest absolute Gasteiger partial charge is 0.237 e. The highest BCUT2D eigenvalue weighted by atomic mass is 16.5. The summed E-state index contributed by atoms with van der Waals surface area (Å²) in [6.45, 7) is 6.62. The van der Waals surface area contributed by atoms with Gasteiger partial charge in [-0.05, 0) is 62.1 Å². The van der Waals surface area contributed by atoms with Gasteiger partial charge in [0.25, 0.3) is 0 Å². The Morgan fingerprint density at radius 2 is 1.84 bits per heavy atom. The molecule has 5 heterocycles. The molecule has 0 unspecified atom stereocenters. The summed E-state index contributed by atoms with van der Waals surface area (Å²) in [5, 5.41) is 15.9. The summed E-state index contributed by atoms with van der Waals surface area (Å²) in [5.74, 6) is 1.16. The van der Waals surface area contributed by atoms with E-state index in [2.05, 4.69) is 53.7 Å². The number of carbonyl (C=O) groups is 2. The molecule has 5 aromatic rings. The van der Waals surface area contributed by atoms with E-state index in [1.54, 1.807) is 24.3 Å². The van der Waals surface area contributed by atoms with Crippen LogP contribution in [0.4, 0.5) is 5.69 Å². The van der Waals surface area contributed by atoms with E-state index in [1.807, 2.05) is 68.3 Å². The SMILES string of the molecule is CO[C@@]1(CC(=O)Nc2ccc3[nH]nc(-c4ccnc(OC(C)C)c4)c3c2)CCN(CC(=O)N2CC=C(c3ccc(-c4ncn(C)n4)cc3)CC2)C1. The number of methoxy groups -OCH3 is 1. The fraction of sp³-hybridized carbons (Fsp3) is 0.368. The van der Waals surface area contributed by atoms with Crippen molar-refractivity contribution in [2.45, 2.75) is 44.8 Å². The van der Waals surface area contributed by atoms with Gasteiger partial charge in [-0.25, -0.2) is 9.97 Å². The molecule has 13 heteroatoms. The number of amides is 2. The van der Waals surface area contributed by atoms with Crippen LogP contribution in [-0.4, -0.2) is 103 Å². The predicted molar refractivity (Wildman–Crippen MR) is 195 cm³/mol. The van der Waals surface area contributed by atoms with Crippen LogP contribution in [0.25, 0.3) is 39.1 Å². The minimum Gasteiger partial charge on any atom is -0.475 e. The summed E-state index contributed by atoms with van der Waals surface area (Å²) in [6, 6.07) is 17.7. The third-order valence-corrected chi connectivity index (χ3v) is 9.56. The number of nitrogens with zero attached hydrogens (tertiary/aromatic N) is 7. The van der Waals surface area contributed by atoms with Crippen LogP contribution in [0.1, 0.15) is 38.7 Å². The number of likely N-dealkylation sites (tertiary alicyclic amines) is 1. The number of pyridine rings is 1. The molecule has 2 aliphatic heterocycles. The lowest BCUT2D eigenvalue weighted by molar-refractivity contribution is -0.132. The lowest BCUT2D eigenvalue weighted by Gasteiger charge is -2.30. The zero-order chi connectivity index (χ0) is 35.5. The van der Waals surface area contributed by atoms with Gasteiger partial charge in [0, 0.05) is 74.8 Å². The average molecular weight is 690 g/mol. The molecule has 2 amide bonds. The van der Waals surface area contributed by atoms with Crippen molar-refractivity contribution in [3.05, 3.63) is 78.8 Å². The molecule has 13 nitrogen and oxygen atoms in total. The van der Waals surface area contributed by atoms with Crippen molar-refractivity contribution in [1.82, 2.24) is 39.7 Å². The fourth-order valence-corrected chi connectivity index (χ4v) is 6.87. The number of aromatic nitrogens is 6. The number of rotatable bonds is 11. The zero-order valence-corrected chi connectivity index (χ0v) is 29.4. The number of nitrogens with one attached hydrogen (secondary N) is 2. The number of aromatic amines is 1. The van der Waals surface area contributed by atoms with Gasteiger partial charge in [-0.15, -0.1) is 0 Å². The van der Waals surface area contributed by atoms with Crippen LogP contribution in [0, 0.1) is 0 Å². The van der Waals surface area contributed by atoms with Crippen molar-refractivity contribution in [3.63, 3.8) is 0 Å². The number of H-pyrrole nitrogens is 1. The van der Waals surface area contributed by atoms with Gasteiger partial charge in [0.1, 0.15) is 12.0 Å². The molecule has 2 N–H and O–H groups in total. The van der Waals surface area contributed by atoms with Gasteiger partial charge in [-0.3, -0.25) is 24.3 Å². The molecule has 2 aromatic carbocycles. The highest BCUT2D eigenvalue weighted by Crippen LogP contribution is 2.32. The van der Waals surface area contributed by atoms with E-state index in [-0.39, 0.29) is 24.3 Å². The standard InChI is InChI=1S/C38H43N9O4/c1-25(2)51-34-19-29(11-15-39-34)36-31-20-30(9-10-32(31)42-43-36)41-33(48)21-38(50-4)14-18-46(23-38)22-35(49)47-16-12-27(13-17-47)26-5-7-28(8-6-26)37-40-24-45(3)44-37/h5-12,15,19-20,24-25H,13-14,16-18,21-23H2,1-4H3,(H,41,48)(H,42,43)/t38-/m1/s1. The lowest BCUT2D eigenvalue weighted by Crippen LogP contribution is -2.44. The Bertz CT molecular complexity index is 2070. The minimum absolute atomic E-state index is 0.00141. The molecule has 7 rings (SSSR count). The quantitative estimate of drug-likeness (QED) is 0.197. The van der Waals surface area contributed by atoms with Crippen LogP contribution in [0.2, 0.25) is 0 Å². The number of ether oxygens (including phenoxy) is 2. The number of hydrogen-bond acceptors (Lipinski definition) is 9. The van der Waals surface area contributed by atoms with Crippen molar-refractivity contribution in [1.29, 1.82) is 0 Å². The highest BCUT2D eigenvalue weighted by molar-refractivity contribution is 5.98. The molecule has 1 saturated heterocycles. The van der Waals surface area contributed by atoms with Crippen LogP contribution in [0.5, 0.6) is 5.88 Å². The zero-order valence-electron chi connectivity index (χ0n) is 29.4. The maximum atomic E-state index is 13.4. The number of fused-ring (bicyclic) bond motifs is 1. The van der Waals surface area contributed by atoms with Crippen LogP contribution in [0.15, 0.2) is 73.2 Å². The first-order chi connectivity index (χ1) is 24.7. The average Bonchev–Trinajstić information content (AvgIpc) is 3.87. The van der Waals surface area contributed by atoms with Crippen LogP contribution < -0.4 is 10.1 Å². The molecular weight excluding hydrogens is 646 g/mol. The van der Waals surface area contributed by atoms with Gasteiger partial charge in [0.15, 0.2) is 5.82 Å². The number of carbonyl (C=O) groups excluding carboxylic acids is 2. The van der Waals surface area contributed by atoms with E-state index >= 15 is 0 Å². The molecule has 1 fully saturated rings. The molecule has 264 valence electrons. The Morgan fingerprint density at radius 3 is 2.57 bits per heavy atom. The maximum absolute atomic E-state index is 13.4. The number of benzene rings is 2. The maximum Gasteiger partial charge on any atom is 0.237 e. The molecule has 0 spiro atoms. The lowest BCUT2D eigenvalue weighted by atomic mass is 9.98. The summed E-state index contributed by atoms with van der Waals surface area (Å²) < 4.78 is 13.4. The van der Waals surface area contributed by atoms with Gasteiger partial charge in [-0.2, -0.15) is 10.2 Å². The van der Waals surface area contributed by atoms with Crippen molar-refractivity contribution >= 4 is 34.0 Å². The first-order valence-electron chi connectivity index (χ1n) is 17.3. The second-order valence-electron chi connectivity index (χ2n) is 13.6. The van der Waals surface area contributed by atoms with E-state index < -0.39 is 5.60 Å². The Morgan fingerprint density at radius 1 is 1.02 bits per heavy atom. The van der Waals surface area contributed by atoms with E-state index in [0.717, 1.165) is 39.7 Å². The largest absolute Gasteiger partial charge is 0.475 e. The first kappa shape index (κ1) is 34.1. The molecule has 51 heavy (non-hydrogen) atoms. The van der Waals surface area contributed by atoms with E-state index in [4.69, 9.17) is 9.47 Å². The van der Waals surface area contributed by atoms with Crippen LogP contribution in [0.3, 0.4) is 0 Å². The number of aryl methyl sites for hydroxylation is 1. The van der Waals surface area contributed by atoms with Crippen molar-refractivity contribution in [2.75, 3.05) is 45.2 Å². The third kappa shape index (κ3) is 7.69. The molecule has 0 bridgehead atoms. The van der Waals surface area contributed by atoms with Crippen molar-refractivity contribution in [3.8, 4) is 28.5 Å². The second kappa shape index (κ2) is 14.4. The second-order valence-corrected chi connectivity index (χ2v) is 13.6. The molecule has 0 radical (unpaired) electrons. The number of anilines is 1. The topological polar surface area (TPSA) is 143 Å². The molecule has 1 atom stereocenters. The van der Waals surface area contributed by atoms with Crippen molar-refractivity contribution in [2.24, 2.45) is 7.05 Å². The highest BCUT2D eigenvalue weighted by Gasteiger charge is 2.41. The summed E-state index contributed by atoms with van der Waals surface area (Å²) in [6.07, 6.45) is 7.16. The third-order valence-electron chi connectivity index (χ3n) is 9.56. The molecule has 2 aliphatic rings. The predicted octanol–water partition coefficient (Wildman–Crippen LogP) is 4.94. The van der Waals surface area contributed by atoms with Gasteiger partial charge >= 0.3 is 0 Å². The Labute approximate surface area is 296 Å². The summed E-state index contributed by atoms with van der Waals surface area (Å²) >= 11 is 0. The monoisotopic (exact) mass is 689 g/mol. The Balaban J connectivity index is 0.932. The van der Waals surface area contributed by atoms with Crippen molar-refractivity contribution < 1.29 is 19.1 Å². The Kier molecular flexibility index (Phi) is 9.65. The van der Waals surface area contributed by atoms with E-state index in [0.29, 0.717) is 56.5 Å². The summed E-state index contributed by atoms with van der Waals surface area (Å²) in [4.78, 5) is 39.3. The Hall–Kier alpha value is -5.40. The van der Waals surface area contributed by atoms with Crippen LogP contribution >= 0.6 is 0 Å². The van der Waals surface area contributed by atoms with Gasteiger partial charge in [0.05, 0.1) is 30.2 Å². The molecule has 3 aromatic heterocycles. The minimum atomic E-state index is -0.676. The molecular formula is C38H43N9O4. The van der Waals surface area contributed by atoms with E-state index in [1.165, 1.54) is 5.57 Å². The van der Waals surface area contributed by atoms with Gasteiger partial charge in [0.2, 0.25) is 17.7 Å². The normalized spacial score (nSPS) is 18.0. The van der Waals surface area contributed by atoms with Gasteiger partial charge in [-0.1, -0.05) is 30.3 Å². The molecule has 0 saturated carbocycles. The number of hydrogen-bond donors (Lipinski definition) is 2. The summed E-state index contributed by atoms with van der Waals surface area (Å²) in [7, 11) is 3.50. The van der Waals surface area contributed by atoms with Gasteiger partial charge < -0.3 is 19.7 Å². The summed E-state index contributed by atoms with van der Waals surface area (Å²) in [5.41, 5.74) is 5.80. The van der Waals surface area contributed by atoms with E-state index in [9.17, 15) is 9.59 Å².